The van der Waals surface area contributed by atoms with Gasteiger partial charge in [0.05, 0.1) is 0 Å². The fourth-order valence-electron chi connectivity index (χ4n) is 1.61. The molecule has 0 aliphatic rings. The second-order valence-corrected chi connectivity index (χ2v) is 5.03. The fourth-order valence-corrected chi connectivity index (χ4v) is 1.89. The van der Waals surface area contributed by atoms with Crippen molar-refractivity contribution < 1.29 is 0 Å². The number of halogens is 1. The first-order chi connectivity index (χ1) is 8.20. The van der Waals surface area contributed by atoms with Crippen molar-refractivity contribution in [1.82, 2.24) is 9.97 Å². The fraction of sp³-hybridized carbons (Fsp3) is 0.231. The van der Waals surface area contributed by atoms with Crippen molar-refractivity contribution in [3.63, 3.8) is 0 Å². The minimum Gasteiger partial charge on any atom is -0.311 e. The molecule has 2 aromatic rings. The molecule has 0 saturated heterocycles. The highest BCUT2D eigenvalue weighted by Gasteiger charge is 2.09. The molecule has 0 fully saturated rings. The summed E-state index contributed by atoms with van der Waals surface area (Å²) in [5.41, 5.74) is 2.38. The Morgan fingerprint density at radius 1 is 1.12 bits per heavy atom. The van der Waals surface area contributed by atoms with Gasteiger partial charge in [0.2, 0.25) is 5.95 Å². The Morgan fingerprint density at radius 3 is 2.24 bits per heavy atom. The van der Waals surface area contributed by atoms with Crippen LogP contribution >= 0.6 is 22.6 Å². The minimum atomic E-state index is 0.747. The summed E-state index contributed by atoms with van der Waals surface area (Å²) in [6.07, 6.45) is 3.67. The van der Waals surface area contributed by atoms with Gasteiger partial charge in [-0.2, -0.15) is 0 Å². The average Bonchev–Trinajstić information content (AvgIpc) is 2.35. The Hall–Kier alpha value is -1.17. The maximum absolute atomic E-state index is 4.36. The molecule has 3 nitrogen and oxygen atoms in total. The molecule has 0 bridgehead atoms. The van der Waals surface area contributed by atoms with Gasteiger partial charge in [-0.3, -0.25) is 0 Å². The normalized spacial score (nSPS) is 10.3. The molecule has 0 saturated carbocycles. The number of aryl methyl sites for hydroxylation is 1. The smallest absolute Gasteiger partial charge is 0.229 e. The van der Waals surface area contributed by atoms with Crippen LogP contribution in [0, 0.1) is 10.5 Å². The molecule has 1 heterocycles. The SMILES string of the molecule is CCN(c1ccc(C)cc1)c1ncc(I)cn1. The summed E-state index contributed by atoms with van der Waals surface area (Å²) in [4.78, 5) is 10.8. The van der Waals surface area contributed by atoms with Gasteiger partial charge >= 0.3 is 0 Å². The van der Waals surface area contributed by atoms with E-state index in [0.29, 0.717) is 0 Å². The molecule has 88 valence electrons. The topological polar surface area (TPSA) is 29.0 Å². The summed E-state index contributed by atoms with van der Waals surface area (Å²) in [6, 6.07) is 8.40. The van der Waals surface area contributed by atoms with E-state index in [1.165, 1.54) is 5.56 Å². The largest absolute Gasteiger partial charge is 0.311 e. The van der Waals surface area contributed by atoms with Crippen LogP contribution in [0.15, 0.2) is 36.7 Å². The molecular formula is C13H14IN3. The quantitative estimate of drug-likeness (QED) is 0.801. The highest BCUT2D eigenvalue weighted by molar-refractivity contribution is 14.1. The minimum absolute atomic E-state index is 0.747. The zero-order chi connectivity index (χ0) is 12.3. The van der Waals surface area contributed by atoms with Crippen molar-refractivity contribution in [3.8, 4) is 0 Å². The van der Waals surface area contributed by atoms with E-state index in [9.17, 15) is 0 Å². The van der Waals surface area contributed by atoms with Gasteiger partial charge in [0.1, 0.15) is 0 Å². The van der Waals surface area contributed by atoms with Crippen LogP contribution in [-0.2, 0) is 0 Å². The Labute approximate surface area is 115 Å². The Bertz CT molecular complexity index is 434. The lowest BCUT2D eigenvalue weighted by Gasteiger charge is -2.20. The van der Waals surface area contributed by atoms with Crippen LogP contribution in [0.2, 0.25) is 0 Å². The summed E-state index contributed by atoms with van der Waals surface area (Å²) >= 11 is 2.21. The van der Waals surface area contributed by atoms with Gasteiger partial charge in [0, 0.05) is 28.2 Å². The lowest BCUT2D eigenvalue weighted by molar-refractivity contribution is 0.943. The Morgan fingerprint density at radius 2 is 1.71 bits per heavy atom. The number of aromatic nitrogens is 2. The van der Waals surface area contributed by atoms with E-state index in [1.54, 1.807) is 0 Å². The van der Waals surface area contributed by atoms with Gasteiger partial charge < -0.3 is 4.90 Å². The van der Waals surface area contributed by atoms with E-state index >= 15 is 0 Å². The molecule has 0 aliphatic heterocycles. The number of nitrogens with zero attached hydrogens (tertiary/aromatic N) is 3. The zero-order valence-corrected chi connectivity index (χ0v) is 12.0. The number of anilines is 2. The van der Waals surface area contributed by atoms with E-state index in [1.807, 2.05) is 12.4 Å². The number of rotatable bonds is 3. The van der Waals surface area contributed by atoms with E-state index in [-0.39, 0.29) is 0 Å². The van der Waals surface area contributed by atoms with Crippen molar-refractivity contribution in [1.29, 1.82) is 0 Å². The molecule has 0 atom stereocenters. The standard InChI is InChI=1S/C13H14IN3/c1-3-17(12-6-4-10(2)5-7-12)13-15-8-11(14)9-16-13/h4-9H,3H2,1-2H3. The van der Waals surface area contributed by atoms with Gasteiger partial charge in [-0.15, -0.1) is 0 Å². The second-order valence-electron chi connectivity index (χ2n) is 3.78. The summed E-state index contributed by atoms with van der Waals surface area (Å²) in [6.45, 7) is 5.03. The first-order valence-electron chi connectivity index (χ1n) is 5.52. The van der Waals surface area contributed by atoms with Crippen LogP contribution in [0.25, 0.3) is 0 Å². The Balaban J connectivity index is 2.33. The third-order valence-electron chi connectivity index (χ3n) is 2.51. The van der Waals surface area contributed by atoms with Crippen molar-refractivity contribution >= 4 is 34.2 Å². The van der Waals surface area contributed by atoms with Crippen molar-refractivity contribution in [2.45, 2.75) is 13.8 Å². The van der Waals surface area contributed by atoms with Gasteiger partial charge in [-0.1, -0.05) is 17.7 Å². The molecule has 0 N–H and O–H groups in total. The molecule has 0 spiro atoms. The summed E-state index contributed by atoms with van der Waals surface area (Å²) < 4.78 is 1.05. The van der Waals surface area contributed by atoms with Crippen molar-refractivity contribution in [2.75, 3.05) is 11.4 Å². The monoisotopic (exact) mass is 339 g/mol. The summed E-state index contributed by atoms with van der Waals surface area (Å²) in [5.74, 6) is 0.747. The molecule has 4 heteroatoms. The lowest BCUT2D eigenvalue weighted by atomic mass is 10.2. The third kappa shape index (κ3) is 2.94. The molecule has 0 aliphatic carbocycles. The van der Waals surface area contributed by atoms with Crippen molar-refractivity contribution in [2.24, 2.45) is 0 Å². The van der Waals surface area contributed by atoms with E-state index in [2.05, 4.69) is 75.6 Å². The highest BCUT2D eigenvalue weighted by Crippen LogP contribution is 2.21. The molecule has 0 amide bonds. The van der Waals surface area contributed by atoms with E-state index in [0.717, 1.165) is 21.8 Å². The Kier molecular flexibility index (Phi) is 3.93. The first kappa shape index (κ1) is 12.3. The molecule has 17 heavy (non-hydrogen) atoms. The van der Waals surface area contributed by atoms with Crippen LogP contribution in [-0.4, -0.2) is 16.5 Å². The first-order valence-corrected chi connectivity index (χ1v) is 6.60. The number of hydrogen-bond acceptors (Lipinski definition) is 3. The average molecular weight is 339 g/mol. The van der Waals surface area contributed by atoms with Crippen LogP contribution in [0.5, 0.6) is 0 Å². The van der Waals surface area contributed by atoms with Crippen LogP contribution in [0.4, 0.5) is 11.6 Å². The van der Waals surface area contributed by atoms with Gasteiger partial charge in [0.15, 0.2) is 0 Å². The summed E-state index contributed by atoms with van der Waals surface area (Å²) in [5, 5.41) is 0. The van der Waals surface area contributed by atoms with E-state index in [4.69, 9.17) is 0 Å². The van der Waals surface area contributed by atoms with E-state index < -0.39 is 0 Å². The second kappa shape index (κ2) is 5.44. The highest BCUT2D eigenvalue weighted by atomic mass is 127. The third-order valence-corrected chi connectivity index (χ3v) is 3.07. The van der Waals surface area contributed by atoms with Gasteiger partial charge in [-0.05, 0) is 48.6 Å². The molecule has 0 unspecified atom stereocenters. The molecule has 1 aromatic heterocycles. The molecule has 0 radical (unpaired) electrons. The maximum Gasteiger partial charge on any atom is 0.229 e. The number of benzene rings is 1. The van der Waals surface area contributed by atoms with Crippen LogP contribution < -0.4 is 4.90 Å². The number of hydrogen-bond donors (Lipinski definition) is 0. The van der Waals surface area contributed by atoms with Gasteiger partial charge in [0.25, 0.3) is 0 Å². The van der Waals surface area contributed by atoms with Gasteiger partial charge in [-0.25, -0.2) is 9.97 Å². The zero-order valence-electron chi connectivity index (χ0n) is 9.89. The van der Waals surface area contributed by atoms with Crippen molar-refractivity contribution in [3.05, 3.63) is 45.8 Å². The summed E-state index contributed by atoms with van der Waals surface area (Å²) in [7, 11) is 0. The maximum atomic E-state index is 4.36. The molecular weight excluding hydrogens is 325 g/mol. The molecule has 1 aromatic carbocycles. The molecule has 2 rings (SSSR count). The predicted octanol–water partition coefficient (Wildman–Crippen LogP) is 3.55. The van der Waals surface area contributed by atoms with Crippen LogP contribution in [0.3, 0.4) is 0 Å². The van der Waals surface area contributed by atoms with Crippen LogP contribution in [0.1, 0.15) is 12.5 Å². The lowest BCUT2D eigenvalue weighted by Crippen LogP contribution is -2.18. The predicted molar refractivity (Wildman–Crippen MR) is 78.6 cm³/mol.